The Morgan fingerprint density at radius 3 is 2.81 bits per heavy atom. The molecule has 1 aromatic rings. The minimum atomic E-state index is -0.457. The summed E-state index contributed by atoms with van der Waals surface area (Å²) in [4.78, 5) is 20.8. The highest BCUT2D eigenvalue weighted by Gasteiger charge is 2.54. The summed E-state index contributed by atoms with van der Waals surface area (Å²) in [6.07, 6.45) is 4.68. The first-order chi connectivity index (χ1) is 12.3. The van der Waals surface area contributed by atoms with E-state index < -0.39 is 6.10 Å². The second-order valence-corrected chi connectivity index (χ2v) is 10.1. The Morgan fingerprint density at radius 2 is 2.12 bits per heavy atom. The van der Waals surface area contributed by atoms with Crippen LogP contribution in [0.4, 0.5) is 5.13 Å². The van der Waals surface area contributed by atoms with Crippen molar-refractivity contribution < 1.29 is 9.90 Å². The number of hydrogen-bond donors (Lipinski definition) is 2. The summed E-state index contributed by atoms with van der Waals surface area (Å²) in [6.45, 7) is 8.27. The molecule has 6 heteroatoms. The molecule has 3 N–H and O–H groups in total. The number of thiazole rings is 1. The van der Waals surface area contributed by atoms with Crippen LogP contribution in [0.5, 0.6) is 0 Å². The highest BCUT2D eigenvalue weighted by Crippen LogP contribution is 2.57. The SMILES string of the molecule is C[C@H](C(=O)N1CCCC1)[C@H]1CC[C@]2(C)Cc3sc(N)nc3[C@H](C)[C@@H]2[C@H]1O. The number of nitrogens with zero attached hydrogens (tertiary/aromatic N) is 2. The fraction of sp³-hybridized carbons (Fsp3) is 0.800. The second kappa shape index (κ2) is 6.48. The van der Waals surface area contributed by atoms with Crippen LogP contribution in [-0.4, -0.2) is 40.1 Å². The Kier molecular flexibility index (Phi) is 4.55. The van der Waals surface area contributed by atoms with Gasteiger partial charge in [0.2, 0.25) is 5.91 Å². The van der Waals surface area contributed by atoms with Gasteiger partial charge in [0.1, 0.15) is 0 Å². The maximum atomic E-state index is 12.9. The number of fused-ring (bicyclic) bond motifs is 2. The van der Waals surface area contributed by atoms with E-state index in [1.807, 2.05) is 11.8 Å². The summed E-state index contributed by atoms with van der Waals surface area (Å²) >= 11 is 1.60. The molecular formula is C20H31N3O2S. The maximum Gasteiger partial charge on any atom is 0.225 e. The molecule has 1 saturated carbocycles. The summed E-state index contributed by atoms with van der Waals surface area (Å²) in [7, 11) is 0. The molecule has 1 saturated heterocycles. The van der Waals surface area contributed by atoms with Gasteiger partial charge in [-0.25, -0.2) is 4.98 Å². The van der Waals surface area contributed by atoms with Crippen molar-refractivity contribution in [2.45, 2.75) is 64.9 Å². The quantitative estimate of drug-likeness (QED) is 0.830. The molecule has 0 bridgehead atoms. The third kappa shape index (κ3) is 2.76. The van der Waals surface area contributed by atoms with Gasteiger partial charge in [0, 0.05) is 29.8 Å². The molecule has 2 heterocycles. The lowest BCUT2D eigenvalue weighted by Crippen LogP contribution is -2.53. The summed E-state index contributed by atoms with van der Waals surface area (Å²) in [5.41, 5.74) is 7.11. The molecule has 1 amide bonds. The fourth-order valence-electron chi connectivity index (χ4n) is 5.97. The van der Waals surface area contributed by atoms with E-state index in [2.05, 4.69) is 18.8 Å². The van der Waals surface area contributed by atoms with Crippen molar-refractivity contribution in [2.75, 3.05) is 18.8 Å². The number of nitrogens with two attached hydrogens (primary N) is 1. The Hall–Kier alpha value is -1.14. The van der Waals surface area contributed by atoms with Crippen LogP contribution in [0.25, 0.3) is 0 Å². The summed E-state index contributed by atoms with van der Waals surface area (Å²) in [6, 6.07) is 0. The molecule has 5 nitrogen and oxygen atoms in total. The molecule has 2 fully saturated rings. The van der Waals surface area contributed by atoms with E-state index in [0.29, 0.717) is 5.13 Å². The molecule has 0 unspecified atom stereocenters. The number of amides is 1. The van der Waals surface area contributed by atoms with Crippen LogP contribution in [0, 0.1) is 23.2 Å². The average Bonchev–Trinajstić information content (AvgIpc) is 3.22. The number of nitrogen functional groups attached to an aromatic ring is 1. The number of rotatable bonds is 2. The number of carbonyl (C=O) groups is 1. The van der Waals surface area contributed by atoms with E-state index in [9.17, 15) is 9.90 Å². The predicted octanol–water partition coefficient (Wildman–Crippen LogP) is 3.04. The van der Waals surface area contributed by atoms with E-state index in [-0.39, 0.29) is 35.0 Å². The highest BCUT2D eigenvalue weighted by atomic mass is 32.1. The van der Waals surface area contributed by atoms with E-state index in [0.717, 1.165) is 50.9 Å². The van der Waals surface area contributed by atoms with Gasteiger partial charge in [-0.2, -0.15) is 0 Å². The first-order valence-corrected chi connectivity index (χ1v) is 10.9. The van der Waals surface area contributed by atoms with Gasteiger partial charge < -0.3 is 15.7 Å². The molecule has 1 aliphatic heterocycles. The van der Waals surface area contributed by atoms with Crippen LogP contribution in [0.2, 0.25) is 0 Å². The molecule has 0 spiro atoms. The van der Waals surface area contributed by atoms with Gasteiger partial charge in [-0.3, -0.25) is 4.79 Å². The van der Waals surface area contributed by atoms with Crippen molar-refractivity contribution in [1.29, 1.82) is 0 Å². The topological polar surface area (TPSA) is 79.5 Å². The maximum absolute atomic E-state index is 12.9. The molecule has 26 heavy (non-hydrogen) atoms. The van der Waals surface area contributed by atoms with Crippen LogP contribution < -0.4 is 5.73 Å². The van der Waals surface area contributed by atoms with Crippen LogP contribution in [0.1, 0.15) is 62.9 Å². The minimum absolute atomic E-state index is 0.0427. The molecule has 3 aliphatic rings. The highest BCUT2D eigenvalue weighted by molar-refractivity contribution is 7.15. The lowest BCUT2D eigenvalue weighted by atomic mass is 9.53. The van der Waals surface area contributed by atoms with Crippen LogP contribution >= 0.6 is 11.3 Å². The van der Waals surface area contributed by atoms with E-state index in [1.165, 1.54) is 4.88 Å². The van der Waals surface area contributed by atoms with Gasteiger partial charge in [-0.15, -0.1) is 11.3 Å². The van der Waals surface area contributed by atoms with Crippen LogP contribution in [0.3, 0.4) is 0 Å². The molecule has 1 aromatic heterocycles. The van der Waals surface area contributed by atoms with Crippen LogP contribution in [0.15, 0.2) is 0 Å². The lowest BCUT2D eigenvalue weighted by Gasteiger charge is -2.53. The minimum Gasteiger partial charge on any atom is -0.392 e. The van der Waals surface area contributed by atoms with Crippen molar-refractivity contribution >= 4 is 22.4 Å². The molecular weight excluding hydrogens is 346 g/mol. The van der Waals surface area contributed by atoms with E-state index >= 15 is 0 Å². The molecule has 0 aromatic carbocycles. The monoisotopic (exact) mass is 377 g/mol. The summed E-state index contributed by atoms with van der Waals surface area (Å²) in [5.74, 6) is 0.494. The van der Waals surface area contributed by atoms with Gasteiger partial charge in [0.05, 0.1) is 11.8 Å². The number of aliphatic hydroxyl groups is 1. The van der Waals surface area contributed by atoms with E-state index in [1.54, 1.807) is 11.3 Å². The van der Waals surface area contributed by atoms with Gasteiger partial charge in [0.15, 0.2) is 5.13 Å². The Balaban J connectivity index is 1.58. The average molecular weight is 378 g/mol. The summed E-state index contributed by atoms with van der Waals surface area (Å²) in [5, 5.41) is 12.0. The molecule has 2 aliphatic carbocycles. The van der Waals surface area contributed by atoms with Gasteiger partial charge in [-0.1, -0.05) is 20.8 Å². The van der Waals surface area contributed by atoms with Crippen LogP contribution in [-0.2, 0) is 11.2 Å². The number of carbonyl (C=O) groups excluding carboxylic acids is 1. The van der Waals surface area contributed by atoms with Gasteiger partial charge >= 0.3 is 0 Å². The molecule has 0 radical (unpaired) electrons. The molecule has 6 atom stereocenters. The number of likely N-dealkylation sites (tertiary alicyclic amines) is 1. The number of aromatic nitrogens is 1. The zero-order valence-electron chi connectivity index (χ0n) is 16.1. The Labute approximate surface area is 160 Å². The zero-order chi connectivity index (χ0) is 18.6. The van der Waals surface area contributed by atoms with Crippen molar-refractivity contribution in [3.8, 4) is 0 Å². The third-order valence-electron chi connectivity index (χ3n) is 7.39. The predicted molar refractivity (Wildman–Crippen MR) is 104 cm³/mol. The first-order valence-electron chi connectivity index (χ1n) is 10.0. The molecule has 144 valence electrons. The van der Waals surface area contributed by atoms with Crippen molar-refractivity contribution in [1.82, 2.24) is 9.88 Å². The number of hydrogen-bond acceptors (Lipinski definition) is 5. The van der Waals surface area contributed by atoms with Crippen molar-refractivity contribution in [3.05, 3.63) is 10.6 Å². The van der Waals surface area contributed by atoms with Gasteiger partial charge in [0.25, 0.3) is 0 Å². The zero-order valence-corrected chi connectivity index (χ0v) is 16.9. The van der Waals surface area contributed by atoms with Gasteiger partial charge in [-0.05, 0) is 49.4 Å². The summed E-state index contributed by atoms with van der Waals surface area (Å²) < 4.78 is 0. The normalized spacial score (nSPS) is 37.9. The number of anilines is 1. The third-order valence-corrected chi connectivity index (χ3v) is 8.29. The van der Waals surface area contributed by atoms with E-state index in [4.69, 9.17) is 5.73 Å². The lowest BCUT2D eigenvalue weighted by molar-refractivity contribution is -0.143. The standard InChI is InChI=1S/C20H31N3O2S/c1-11(18(25)23-8-4-5-9-23)13-6-7-20(3)10-14-16(22-19(21)26-14)12(2)15(20)17(13)24/h11-13,15,17,24H,4-10H2,1-3H3,(H2,21,22)/t11-,12+,13+,15+,17-,20+/m0/s1. The van der Waals surface area contributed by atoms with Crippen molar-refractivity contribution in [2.24, 2.45) is 23.2 Å². The Bertz CT molecular complexity index is 699. The first kappa shape index (κ1) is 18.2. The second-order valence-electron chi connectivity index (χ2n) is 9.02. The fourth-order valence-corrected chi connectivity index (χ4v) is 7.11. The molecule has 4 rings (SSSR count). The van der Waals surface area contributed by atoms with Crippen molar-refractivity contribution in [3.63, 3.8) is 0 Å². The smallest absolute Gasteiger partial charge is 0.225 e. The Morgan fingerprint density at radius 1 is 1.42 bits per heavy atom. The largest absolute Gasteiger partial charge is 0.392 e. The number of aliphatic hydroxyl groups excluding tert-OH is 1.